The van der Waals surface area contributed by atoms with Gasteiger partial charge < -0.3 is 9.64 Å². The lowest BCUT2D eigenvalue weighted by Crippen LogP contribution is -2.52. The Kier molecular flexibility index (Phi) is 4.23. The predicted octanol–water partition coefficient (Wildman–Crippen LogP) is 1.84. The zero-order valence-corrected chi connectivity index (χ0v) is 14.5. The SMILES string of the molecule is COc1cccc(CN2CCN(c3ccc4nncn4n3)[C@@H](C)C2)c1. The summed E-state index contributed by atoms with van der Waals surface area (Å²) in [5.41, 5.74) is 2.05. The second-order valence-corrected chi connectivity index (χ2v) is 6.45. The van der Waals surface area contributed by atoms with Gasteiger partial charge in [-0.15, -0.1) is 15.3 Å². The van der Waals surface area contributed by atoms with E-state index in [0.29, 0.717) is 6.04 Å². The van der Waals surface area contributed by atoms with Crippen molar-refractivity contribution < 1.29 is 4.74 Å². The van der Waals surface area contributed by atoms with E-state index >= 15 is 0 Å². The van der Waals surface area contributed by atoms with Crippen LogP contribution in [0.3, 0.4) is 0 Å². The highest BCUT2D eigenvalue weighted by Gasteiger charge is 2.25. The van der Waals surface area contributed by atoms with Crippen LogP contribution in [0.2, 0.25) is 0 Å². The van der Waals surface area contributed by atoms with Crippen molar-refractivity contribution in [1.29, 1.82) is 0 Å². The molecule has 0 bridgehead atoms. The zero-order chi connectivity index (χ0) is 17.2. The molecule has 3 aromatic rings. The number of piperazine rings is 1. The molecule has 1 aliphatic heterocycles. The number of hydrogen-bond acceptors (Lipinski definition) is 6. The molecule has 0 spiro atoms. The average molecular weight is 338 g/mol. The summed E-state index contributed by atoms with van der Waals surface area (Å²) in [4.78, 5) is 4.83. The quantitative estimate of drug-likeness (QED) is 0.723. The van der Waals surface area contributed by atoms with Crippen LogP contribution >= 0.6 is 0 Å². The van der Waals surface area contributed by atoms with Gasteiger partial charge in [0.1, 0.15) is 17.9 Å². The standard InChI is InChI=1S/C18H22N6O/c1-14-11-22(12-15-4-3-5-16(10-15)25-2)8-9-23(14)18-7-6-17-20-19-13-24(17)21-18/h3-7,10,13-14H,8-9,11-12H2,1-2H3/t14-/m0/s1. The van der Waals surface area contributed by atoms with Crippen LogP contribution in [-0.4, -0.2) is 57.5 Å². The summed E-state index contributed by atoms with van der Waals surface area (Å²) >= 11 is 0. The number of hydrogen-bond donors (Lipinski definition) is 0. The molecule has 0 aliphatic carbocycles. The maximum absolute atomic E-state index is 5.32. The second kappa shape index (κ2) is 6.68. The van der Waals surface area contributed by atoms with Gasteiger partial charge in [0.15, 0.2) is 5.65 Å². The lowest BCUT2D eigenvalue weighted by atomic mass is 10.1. The molecule has 0 amide bonds. The molecule has 7 nitrogen and oxygen atoms in total. The molecular formula is C18H22N6O. The Morgan fingerprint density at radius 1 is 1.20 bits per heavy atom. The van der Waals surface area contributed by atoms with E-state index in [9.17, 15) is 0 Å². The van der Waals surface area contributed by atoms with E-state index in [0.717, 1.165) is 43.4 Å². The Bertz CT molecular complexity index is 863. The smallest absolute Gasteiger partial charge is 0.177 e. The fraction of sp³-hybridized carbons (Fsp3) is 0.389. The molecular weight excluding hydrogens is 316 g/mol. The zero-order valence-electron chi connectivity index (χ0n) is 14.5. The van der Waals surface area contributed by atoms with Gasteiger partial charge in [-0.2, -0.15) is 4.52 Å². The average Bonchev–Trinajstić information content (AvgIpc) is 3.10. The topological polar surface area (TPSA) is 58.8 Å². The number of rotatable bonds is 4. The molecule has 1 saturated heterocycles. The monoisotopic (exact) mass is 338 g/mol. The van der Waals surface area contributed by atoms with E-state index in [1.54, 1.807) is 18.0 Å². The molecule has 1 atom stereocenters. The Balaban J connectivity index is 1.44. The highest BCUT2D eigenvalue weighted by atomic mass is 16.5. The van der Waals surface area contributed by atoms with Crippen molar-refractivity contribution in [2.45, 2.75) is 19.5 Å². The van der Waals surface area contributed by atoms with Crippen molar-refractivity contribution in [3.05, 3.63) is 48.3 Å². The number of fused-ring (bicyclic) bond motifs is 1. The number of benzene rings is 1. The van der Waals surface area contributed by atoms with Gasteiger partial charge in [0.2, 0.25) is 0 Å². The van der Waals surface area contributed by atoms with Crippen LogP contribution in [-0.2, 0) is 6.54 Å². The van der Waals surface area contributed by atoms with Gasteiger partial charge in [0.05, 0.1) is 7.11 Å². The van der Waals surface area contributed by atoms with E-state index in [4.69, 9.17) is 4.74 Å². The lowest BCUT2D eigenvalue weighted by Gasteiger charge is -2.40. The Morgan fingerprint density at radius 3 is 2.96 bits per heavy atom. The molecule has 130 valence electrons. The molecule has 3 heterocycles. The van der Waals surface area contributed by atoms with Gasteiger partial charge in [-0.05, 0) is 36.8 Å². The number of nitrogens with zero attached hydrogens (tertiary/aromatic N) is 6. The minimum absolute atomic E-state index is 0.390. The van der Waals surface area contributed by atoms with Gasteiger partial charge >= 0.3 is 0 Å². The van der Waals surface area contributed by atoms with E-state index in [2.05, 4.69) is 44.2 Å². The predicted molar refractivity (Wildman–Crippen MR) is 95.9 cm³/mol. The maximum Gasteiger partial charge on any atom is 0.177 e. The minimum atomic E-state index is 0.390. The first-order valence-electron chi connectivity index (χ1n) is 8.52. The van der Waals surface area contributed by atoms with Crippen LogP contribution in [0.15, 0.2) is 42.7 Å². The third-order valence-corrected chi connectivity index (χ3v) is 4.69. The van der Waals surface area contributed by atoms with Crippen LogP contribution in [0, 0.1) is 0 Å². The van der Waals surface area contributed by atoms with Crippen LogP contribution in [0.1, 0.15) is 12.5 Å². The molecule has 7 heteroatoms. The third kappa shape index (κ3) is 3.28. The lowest BCUT2D eigenvalue weighted by molar-refractivity contribution is 0.220. The molecule has 0 radical (unpaired) electrons. The molecule has 0 saturated carbocycles. The molecule has 1 fully saturated rings. The molecule has 0 unspecified atom stereocenters. The van der Waals surface area contributed by atoms with Crippen molar-refractivity contribution in [2.24, 2.45) is 0 Å². The molecule has 25 heavy (non-hydrogen) atoms. The number of ether oxygens (including phenoxy) is 1. The van der Waals surface area contributed by atoms with Gasteiger partial charge in [0, 0.05) is 32.2 Å². The number of anilines is 1. The Labute approximate surface area is 146 Å². The van der Waals surface area contributed by atoms with E-state index in [1.807, 2.05) is 24.3 Å². The summed E-state index contributed by atoms with van der Waals surface area (Å²) in [5, 5.41) is 12.5. The van der Waals surface area contributed by atoms with E-state index < -0.39 is 0 Å². The van der Waals surface area contributed by atoms with Crippen molar-refractivity contribution in [3.8, 4) is 5.75 Å². The van der Waals surface area contributed by atoms with Crippen LogP contribution in [0.5, 0.6) is 5.75 Å². The Morgan fingerprint density at radius 2 is 2.12 bits per heavy atom. The van der Waals surface area contributed by atoms with Gasteiger partial charge in [-0.25, -0.2) is 0 Å². The van der Waals surface area contributed by atoms with Gasteiger partial charge in [-0.3, -0.25) is 4.90 Å². The number of methoxy groups -OCH3 is 1. The van der Waals surface area contributed by atoms with Crippen LogP contribution < -0.4 is 9.64 Å². The summed E-state index contributed by atoms with van der Waals surface area (Å²) in [5.74, 6) is 1.89. The summed E-state index contributed by atoms with van der Waals surface area (Å²) in [6.07, 6.45) is 1.64. The minimum Gasteiger partial charge on any atom is -0.497 e. The first-order chi connectivity index (χ1) is 12.2. The van der Waals surface area contributed by atoms with E-state index in [1.165, 1.54) is 5.56 Å². The fourth-order valence-electron chi connectivity index (χ4n) is 3.42. The highest BCUT2D eigenvalue weighted by molar-refractivity contribution is 5.46. The van der Waals surface area contributed by atoms with E-state index in [-0.39, 0.29) is 0 Å². The van der Waals surface area contributed by atoms with Gasteiger partial charge in [-0.1, -0.05) is 12.1 Å². The molecule has 0 N–H and O–H groups in total. The number of aromatic nitrogens is 4. The van der Waals surface area contributed by atoms with Crippen molar-refractivity contribution in [3.63, 3.8) is 0 Å². The van der Waals surface area contributed by atoms with Gasteiger partial charge in [0.25, 0.3) is 0 Å². The van der Waals surface area contributed by atoms with Crippen LogP contribution in [0.25, 0.3) is 5.65 Å². The maximum atomic E-state index is 5.32. The van der Waals surface area contributed by atoms with Crippen molar-refractivity contribution in [2.75, 3.05) is 31.6 Å². The summed E-state index contributed by atoms with van der Waals surface area (Å²) in [6.45, 7) is 6.14. The summed E-state index contributed by atoms with van der Waals surface area (Å²) in [7, 11) is 1.71. The largest absolute Gasteiger partial charge is 0.497 e. The van der Waals surface area contributed by atoms with Crippen molar-refractivity contribution in [1.82, 2.24) is 24.7 Å². The first-order valence-corrected chi connectivity index (χ1v) is 8.52. The van der Waals surface area contributed by atoms with Crippen LogP contribution in [0.4, 0.5) is 5.82 Å². The van der Waals surface area contributed by atoms with Crippen molar-refractivity contribution >= 4 is 11.5 Å². The second-order valence-electron chi connectivity index (χ2n) is 6.45. The normalized spacial score (nSPS) is 18.6. The molecule has 4 rings (SSSR count). The molecule has 1 aliphatic rings. The Hall–Kier alpha value is -2.67. The summed E-state index contributed by atoms with van der Waals surface area (Å²) in [6, 6.07) is 12.7. The summed E-state index contributed by atoms with van der Waals surface area (Å²) < 4.78 is 7.05. The molecule has 1 aromatic carbocycles. The third-order valence-electron chi connectivity index (χ3n) is 4.69. The fourth-order valence-corrected chi connectivity index (χ4v) is 3.42. The highest BCUT2D eigenvalue weighted by Crippen LogP contribution is 2.21. The first kappa shape index (κ1) is 15.8. The molecule has 2 aromatic heterocycles.